The van der Waals surface area contributed by atoms with Crippen LogP contribution in [0.25, 0.3) is 0 Å². The molecule has 12 heavy (non-hydrogen) atoms. The Morgan fingerprint density at radius 3 is 1.75 bits per heavy atom. The van der Waals surface area contributed by atoms with Crippen LogP contribution in [0.3, 0.4) is 0 Å². The van der Waals surface area contributed by atoms with E-state index in [2.05, 4.69) is 0 Å². The van der Waals surface area contributed by atoms with Crippen LogP contribution in [-0.4, -0.2) is 13.2 Å². The van der Waals surface area contributed by atoms with Gasteiger partial charge in [-0.15, -0.1) is 8.17 Å². The van der Waals surface area contributed by atoms with Gasteiger partial charge in [0.25, 0.3) is 0 Å². The Kier molecular flexibility index (Phi) is 3.87. The first-order chi connectivity index (χ1) is 5.04. The van der Waals surface area contributed by atoms with E-state index in [1.54, 1.807) is 4.98 Å². The number of nitrogens with one attached hydrogen (secondary N) is 1. The summed E-state index contributed by atoms with van der Waals surface area (Å²) in [6, 6.07) is 0. The third-order valence-corrected chi connectivity index (χ3v) is 1.50. The summed E-state index contributed by atoms with van der Waals surface area (Å²) < 4.78 is 0.322. The van der Waals surface area contributed by atoms with Crippen LogP contribution in [0.1, 0.15) is 1.43 Å². The maximum absolute atomic E-state index is 10.7. The third kappa shape index (κ3) is 1.84. The van der Waals surface area contributed by atoms with Crippen molar-refractivity contribution in [1.29, 1.82) is 0 Å². The predicted octanol–water partition coefficient (Wildman–Crippen LogP) is -4.18. The number of nitrogens with zero attached hydrogens (tertiary/aromatic N) is 2. The molecule has 6 nitrogen and oxygen atoms in total. The van der Waals surface area contributed by atoms with Gasteiger partial charge in [0, 0.05) is 23.6 Å². The van der Waals surface area contributed by atoms with Gasteiger partial charge in [-0.2, -0.15) is 0 Å². The van der Waals surface area contributed by atoms with Crippen LogP contribution in [0.2, 0.25) is 0 Å². The van der Waals surface area contributed by atoms with Crippen molar-refractivity contribution in [3.8, 4) is 0 Å². The maximum Gasteiger partial charge on any atom is 1.00 e. The Balaban J connectivity index is 0. The van der Waals surface area contributed by atoms with Gasteiger partial charge in [-0.1, -0.05) is 0 Å². The zero-order valence-corrected chi connectivity index (χ0v) is 7.39. The minimum absolute atomic E-state index is 0. The molecule has 62 valence electrons. The Morgan fingerprint density at radius 1 is 1.08 bits per heavy atom. The van der Waals surface area contributed by atoms with Crippen molar-refractivity contribution < 1.29 is 20.3 Å². The van der Waals surface area contributed by atoms with E-state index in [9.17, 15) is 14.4 Å². The van der Waals surface area contributed by atoms with Gasteiger partial charge >= 0.3 is 35.9 Å². The van der Waals surface area contributed by atoms with Crippen LogP contribution in [0, 0.1) is 0 Å². The maximum atomic E-state index is 10.7. The predicted molar refractivity (Wildman–Crippen MR) is 39.2 cm³/mol. The van der Waals surface area contributed by atoms with Gasteiger partial charge in [0.15, 0.2) is 0 Å². The molecule has 0 aliphatic heterocycles. The molecule has 0 saturated heterocycles. The molecule has 1 N–H and O–H groups in total. The molecule has 0 radical (unpaired) electrons. The van der Waals surface area contributed by atoms with Crippen LogP contribution in [-0.2, 0) is 0 Å². The summed E-state index contributed by atoms with van der Waals surface area (Å²) in [6.07, 6.45) is 0. The van der Waals surface area contributed by atoms with E-state index in [4.69, 9.17) is 23.6 Å². The van der Waals surface area contributed by atoms with Crippen molar-refractivity contribution in [3.63, 3.8) is 0 Å². The molecule has 0 amide bonds. The van der Waals surface area contributed by atoms with Crippen LogP contribution in [0.4, 0.5) is 0 Å². The van der Waals surface area contributed by atoms with Crippen molar-refractivity contribution in [2.45, 2.75) is 0 Å². The molecule has 0 saturated carbocycles. The summed E-state index contributed by atoms with van der Waals surface area (Å²) in [7, 11) is 0. The standard InChI is InChI=1S/C3HCl2N3O3.Li.H/c4-7-1(9)6-2(10)8(5)3(7)11;;/h(H,6,9,10);;/q;+1;-1. The van der Waals surface area contributed by atoms with E-state index < -0.39 is 17.1 Å². The van der Waals surface area contributed by atoms with E-state index in [1.807, 2.05) is 0 Å². The van der Waals surface area contributed by atoms with E-state index in [0.29, 0.717) is 0 Å². The number of aromatic amines is 1. The summed E-state index contributed by atoms with van der Waals surface area (Å²) in [5.41, 5.74) is -3.13. The average Bonchev–Trinajstić information content (AvgIpc) is 1.97. The van der Waals surface area contributed by atoms with Gasteiger partial charge in [0.2, 0.25) is 0 Å². The van der Waals surface area contributed by atoms with Crippen LogP contribution >= 0.6 is 23.6 Å². The van der Waals surface area contributed by atoms with E-state index in [0.717, 1.165) is 0 Å². The fourth-order valence-corrected chi connectivity index (χ4v) is 0.715. The summed E-state index contributed by atoms with van der Waals surface area (Å²) in [5, 5.41) is 0. The van der Waals surface area contributed by atoms with Crippen LogP contribution in [0.15, 0.2) is 14.4 Å². The fourth-order valence-electron chi connectivity index (χ4n) is 0.440. The monoisotopic (exact) mass is 205 g/mol. The second-order valence-electron chi connectivity index (χ2n) is 1.58. The van der Waals surface area contributed by atoms with Gasteiger partial charge < -0.3 is 1.43 Å². The minimum atomic E-state index is -1.10. The van der Waals surface area contributed by atoms with Crippen LogP contribution < -0.4 is 35.9 Å². The first-order valence-corrected chi connectivity index (χ1v) is 3.02. The normalized spacial score (nSPS) is 9.17. The summed E-state index contributed by atoms with van der Waals surface area (Å²) in [6.45, 7) is 0. The molecular weight excluding hydrogens is 204 g/mol. The smallest absolute Gasteiger partial charge is 1.00 e. The van der Waals surface area contributed by atoms with E-state index in [1.165, 1.54) is 0 Å². The molecule has 0 unspecified atom stereocenters. The summed E-state index contributed by atoms with van der Waals surface area (Å²) in [5.74, 6) is 0. The molecule has 1 rings (SSSR count). The molecule has 0 bridgehead atoms. The first-order valence-electron chi connectivity index (χ1n) is 2.34. The van der Waals surface area contributed by atoms with Crippen molar-refractivity contribution in [2.24, 2.45) is 0 Å². The second-order valence-corrected chi connectivity index (χ2v) is 2.26. The number of rotatable bonds is 0. The largest absolute Gasteiger partial charge is 1.00 e. The molecule has 0 spiro atoms. The quantitative estimate of drug-likeness (QED) is 0.437. The van der Waals surface area contributed by atoms with Crippen molar-refractivity contribution in [3.05, 3.63) is 31.5 Å². The molecule has 0 aliphatic rings. The van der Waals surface area contributed by atoms with Gasteiger partial charge in [-0.3, -0.25) is 4.98 Å². The Morgan fingerprint density at radius 2 is 1.42 bits per heavy atom. The third-order valence-electron chi connectivity index (χ3n) is 0.906. The second kappa shape index (κ2) is 4.01. The number of hydrogen-bond donors (Lipinski definition) is 1. The molecule has 1 heterocycles. The SMILES string of the molecule is O=c1[nH]c(=O)n(Cl)c(=O)n1Cl.[H-].[Li+]. The van der Waals surface area contributed by atoms with Crippen molar-refractivity contribution in [2.75, 3.05) is 0 Å². The van der Waals surface area contributed by atoms with Crippen molar-refractivity contribution in [1.82, 2.24) is 13.2 Å². The topological polar surface area (TPSA) is 76.9 Å². The number of halogens is 2. The zero-order valence-electron chi connectivity index (χ0n) is 6.88. The first kappa shape index (κ1) is 11.6. The molecule has 0 aromatic carbocycles. The Hall–Kier alpha value is -0.413. The fraction of sp³-hybridized carbons (Fsp3) is 0. The molecule has 0 aliphatic carbocycles. The average molecular weight is 206 g/mol. The number of aromatic nitrogens is 3. The van der Waals surface area contributed by atoms with Crippen molar-refractivity contribution >= 4 is 23.6 Å². The molecule has 1 aromatic heterocycles. The Bertz CT molecular complexity index is 413. The summed E-state index contributed by atoms with van der Waals surface area (Å²) in [4.78, 5) is 33.4. The van der Waals surface area contributed by atoms with Gasteiger partial charge in [-0.25, -0.2) is 14.4 Å². The van der Waals surface area contributed by atoms with E-state index >= 15 is 0 Å². The van der Waals surface area contributed by atoms with Crippen LogP contribution in [0.5, 0.6) is 0 Å². The van der Waals surface area contributed by atoms with Gasteiger partial charge in [0.05, 0.1) is 0 Å². The molecule has 1 aromatic rings. The molecular formula is C3H2Cl2LiN3O3. The molecule has 0 atom stereocenters. The number of hydrogen-bond acceptors (Lipinski definition) is 3. The Labute approximate surface area is 88.6 Å². The van der Waals surface area contributed by atoms with Gasteiger partial charge in [0.1, 0.15) is 0 Å². The molecule has 9 heteroatoms. The molecule has 0 fully saturated rings. The number of H-pyrrole nitrogens is 1. The minimum Gasteiger partial charge on any atom is -1.00 e. The summed E-state index contributed by atoms with van der Waals surface area (Å²) >= 11 is 10.1. The van der Waals surface area contributed by atoms with Gasteiger partial charge in [-0.05, 0) is 0 Å². The van der Waals surface area contributed by atoms with E-state index in [-0.39, 0.29) is 28.5 Å². The zero-order chi connectivity index (χ0) is 8.59.